The Morgan fingerprint density at radius 2 is 1.38 bits per heavy atom. The molecule has 134 valence electrons. The molecule has 0 amide bonds. The van der Waals surface area contributed by atoms with E-state index in [0.29, 0.717) is 18.1 Å². The number of aliphatic imine (C=N–C) groups is 4. The highest BCUT2D eigenvalue weighted by molar-refractivity contribution is 5.42. The van der Waals surface area contributed by atoms with Gasteiger partial charge in [-0.2, -0.15) is 0 Å². The molecule has 2 aliphatic carbocycles. The van der Waals surface area contributed by atoms with Crippen LogP contribution in [0.4, 0.5) is 0 Å². The monoisotopic (exact) mass is 330 g/mol. The largest absolute Gasteiger partial charge is 0.223 e. The average molecular weight is 331 g/mol. The minimum atomic E-state index is 0.282. The summed E-state index contributed by atoms with van der Waals surface area (Å²) >= 11 is 0. The van der Waals surface area contributed by atoms with Crippen LogP contribution >= 0.6 is 0 Å². The van der Waals surface area contributed by atoms with E-state index in [1.807, 2.05) is 13.8 Å². The SMILES string of the molecule is CC(C)N=C=NC(C)CC1CCC(N=C=NC2CCCCC2)CC1. The molecule has 0 aromatic rings. The predicted molar refractivity (Wildman–Crippen MR) is 102 cm³/mol. The summed E-state index contributed by atoms with van der Waals surface area (Å²) in [5, 5.41) is 0. The smallest absolute Gasteiger partial charge is 0.0898 e. The van der Waals surface area contributed by atoms with Gasteiger partial charge in [-0.25, -0.2) is 20.0 Å². The molecular formula is C20H34N4. The highest BCUT2D eigenvalue weighted by Crippen LogP contribution is 2.29. The summed E-state index contributed by atoms with van der Waals surface area (Å²) in [6, 6.07) is 7.42. The molecule has 0 saturated heterocycles. The van der Waals surface area contributed by atoms with E-state index in [2.05, 4.69) is 38.9 Å². The Morgan fingerprint density at radius 1 is 0.750 bits per heavy atom. The Kier molecular flexibility index (Phi) is 8.42. The van der Waals surface area contributed by atoms with E-state index in [0.717, 1.165) is 12.3 Å². The van der Waals surface area contributed by atoms with Crippen LogP contribution in [0.1, 0.15) is 85.0 Å². The van der Waals surface area contributed by atoms with Crippen LogP contribution in [0, 0.1) is 5.92 Å². The quantitative estimate of drug-likeness (QED) is 0.584. The lowest BCUT2D eigenvalue weighted by atomic mass is 9.83. The number of nitrogens with zero attached hydrogens (tertiary/aromatic N) is 4. The molecule has 0 spiro atoms. The fourth-order valence-electron chi connectivity index (χ4n) is 3.70. The molecule has 0 aromatic carbocycles. The number of hydrogen-bond acceptors (Lipinski definition) is 4. The van der Waals surface area contributed by atoms with Crippen molar-refractivity contribution in [1.29, 1.82) is 0 Å². The van der Waals surface area contributed by atoms with Crippen LogP contribution in [0.2, 0.25) is 0 Å². The first-order valence-corrected chi connectivity index (χ1v) is 9.93. The Balaban J connectivity index is 1.69. The second-order valence-electron chi connectivity index (χ2n) is 7.86. The second-order valence-corrected chi connectivity index (χ2v) is 7.86. The van der Waals surface area contributed by atoms with Crippen molar-refractivity contribution in [3.63, 3.8) is 0 Å². The standard InChI is InChI=1S/C20H34N4/c1-16(2)21-14-22-17(3)13-18-9-11-20(12-10-18)24-15-23-19-7-5-4-6-8-19/h16-20H,4-13H2,1-3H3. The number of hydrogen-bond donors (Lipinski definition) is 0. The molecule has 2 rings (SSSR count). The maximum atomic E-state index is 4.59. The molecule has 4 nitrogen and oxygen atoms in total. The van der Waals surface area contributed by atoms with Gasteiger partial charge in [0.15, 0.2) is 0 Å². The second kappa shape index (κ2) is 10.6. The first kappa shape index (κ1) is 19.1. The third-order valence-electron chi connectivity index (χ3n) is 5.14. The summed E-state index contributed by atoms with van der Waals surface area (Å²) in [6.07, 6.45) is 12.5. The van der Waals surface area contributed by atoms with Crippen molar-refractivity contribution >= 4 is 12.0 Å². The van der Waals surface area contributed by atoms with Crippen molar-refractivity contribution in [3.05, 3.63) is 0 Å². The van der Waals surface area contributed by atoms with E-state index in [4.69, 9.17) is 0 Å². The van der Waals surface area contributed by atoms with Gasteiger partial charge in [-0.1, -0.05) is 19.3 Å². The zero-order chi connectivity index (χ0) is 17.2. The van der Waals surface area contributed by atoms with E-state index in [1.165, 1.54) is 57.8 Å². The third kappa shape index (κ3) is 7.55. The van der Waals surface area contributed by atoms with Crippen LogP contribution in [0.5, 0.6) is 0 Å². The highest BCUT2D eigenvalue weighted by atomic mass is 14.9. The van der Waals surface area contributed by atoms with Gasteiger partial charge in [0, 0.05) is 0 Å². The van der Waals surface area contributed by atoms with Crippen LogP contribution < -0.4 is 0 Å². The molecule has 24 heavy (non-hydrogen) atoms. The van der Waals surface area contributed by atoms with Crippen molar-refractivity contribution in [2.75, 3.05) is 0 Å². The van der Waals surface area contributed by atoms with Crippen molar-refractivity contribution in [2.24, 2.45) is 25.9 Å². The summed E-state index contributed by atoms with van der Waals surface area (Å²) in [5.41, 5.74) is 0. The van der Waals surface area contributed by atoms with Gasteiger partial charge in [0.05, 0.1) is 36.2 Å². The van der Waals surface area contributed by atoms with Crippen molar-refractivity contribution < 1.29 is 0 Å². The fourth-order valence-corrected chi connectivity index (χ4v) is 3.70. The van der Waals surface area contributed by atoms with Crippen molar-refractivity contribution in [3.8, 4) is 0 Å². The average Bonchev–Trinajstić information content (AvgIpc) is 2.57. The minimum Gasteiger partial charge on any atom is -0.223 e. The normalized spacial score (nSPS) is 26.2. The maximum Gasteiger partial charge on any atom is 0.0898 e. The molecule has 0 aromatic heterocycles. The van der Waals surface area contributed by atoms with Gasteiger partial charge in [-0.3, -0.25) is 0 Å². The fraction of sp³-hybridized carbons (Fsp3) is 0.900. The van der Waals surface area contributed by atoms with Gasteiger partial charge < -0.3 is 0 Å². The Bertz CT molecular complexity index is 470. The minimum absolute atomic E-state index is 0.282. The lowest BCUT2D eigenvalue weighted by Gasteiger charge is -2.26. The Hall–Kier alpha value is -1.24. The molecule has 1 atom stereocenters. The van der Waals surface area contributed by atoms with E-state index >= 15 is 0 Å². The van der Waals surface area contributed by atoms with Crippen LogP contribution in [0.25, 0.3) is 0 Å². The van der Waals surface area contributed by atoms with Crippen molar-refractivity contribution in [2.45, 2.75) is 109 Å². The zero-order valence-electron chi connectivity index (χ0n) is 15.7. The Morgan fingerprint density at radius 3 is 2.00 bits per heavy atom. The number of rotatable bonds is 6. The van der Waals surface area contributed by atoms with Crippen LogP contribution in [-0.4, -0.2) is 36.2 Å². The summed E-state index contributed by atoms with van der Waals surface area (Å²) in [5.74, 6) is 0.770. The first-order valence-electron chi connectivity index (χ1n) is 9.93. The molecule has 0 bridgehead atoms. The van der Waals surface area contributed by atoms with E-state index < -0.39 is 0 Å². The van der Waals surface area contributed by atoms with Crippen LogP contribution in [-0.2, 0) is 0 Å². The summed E-state index contributed by atoms with van der Waals surface area (Å²) in [4.78, 5) is 17.7. The van der Waals surface area contributed by atoms with Gasteiger partial charge in [0.1, 0.15) is 0 Å². The van der Waals surface area contributed by atoms with E-state index in [-0.39, 0.29) is 6.04 Å². The zero-order valence-corrected chi connectivity index (χ0v) is 15.7. The van der Waals surface area contributed by atoms with E-state index in [1.54, 1.807) is 0 Å². The Labute approximate surface area is 147 Å². The highest BCUT2D eigenvalue weighted by Gasteiger charge is 2.22. The summed E-state index contributed by atoms with van der Waals surface area (Å²) in [7, 11) is 0. The predicted octanol–water partition coefficient (Wildman–Crippen LogP) is 5.41. The van der Waals surface area contributed by atoms with Gasteiger partial charge >= 0.3 is 0 Å². The van der Waals surface area contributed by atoms with Gasteiger partial charge in [0.25, 0.3) is 0 Å². The van der Waals surface area contributed by atoms with Crippen molar-refractivity contribution in [1.82, 2.24) is 0 Å². The van der Waals surface area contributed by atoms with E-state index in [9.17, 15) is 0 Å². The third-order valence-corrected chi connectivity index (χ3v) is 5.14. The maximum absolute atomic E-state index is 4.59. The van der Waals surface area contributed by atoms with Crippen LogP contribution in [0.3, 0.4) is 0 Å². The van der Waals surface area contributed by atoms with Gasteiger partial charge in [-0.05, 0) is 71.6 Å². The molecule has 0 radical (unpaired) electrons. The van der Waals surface area contributed by atoms with Gasteiger partial charge in [0.2, 0.25) is 0 Å². The lowest BCUT2D eigenvalue weighted by Crippen LogP contribution is -2.19. The molecular weight excluding hydrogens is 296 g/mol. The molecule has 2 aliphatic rings. The lowest BCUT2D eigenvalue weighted by molar-refractivity contribution is 0.300. The molecule has 0 heterocycles. The molecule has 2 saturated carbocycles. The molecule has 0 aliphatic heterocycles. The summed E-state index contributed by atoms with van der Waals surface area (Å²) < 4.78 is 0. The topological polar surface area (TPSA) is 49.4 Å². The molecule has 2 fully saturated rings. The van der Waals surface area contributed by atoms with Crippen LogP contribution in [0.15, 0.2) is 20.0 Å². The molecule has 4 heteroatoms. The molecule has 0 N–H and O–H groups in total. The summed E-state index contributed by atoms with van der Waals surface area (Å²) in [6.45, 7) is 6.27. The van der Waals surface area contributed by atoms with Gasteiger partial charge in [-0.15, -0.1) is 0 Å². The molecule has 1 unspecified atom stereocenters. The first-order chi connectivity index (χ1) is 11.6.